The van der Waals surface area contributed by atoms with Crippen LogP contribution in [0.15, 0.2) is 48.9 Å². The third kappa shape index (κ3) is 7.93. The molecule has 34 heavy (non-hydrogen) atoms. The van der Waals surface area contributed by atoms with Gasteiger partial charge in [-0.3, -0.25) is 19.4 Å². The zero-order chi connectivity index (χ0) is 24.3. The van der Waals surface area contributed by atoms with Gasteiger partial charge in [0.2, 0.25) is 5.91 Å². The van der Waals surface area contributed by atoms with Gasteiger partial charge in [-0.25, -0.2) is 4.98 Å². The maximum absolute atomic E-state index is 13.4. The number of amides is 2. The maximum atomic E-state index is 13.4. The molecule has 3 rings (SSSR count). The average molecular weight is 467 g/mol. The van der Waals surface area contributed by atoms with Gasteiger partial charge in [-0.1, -0.05) is 44.2 Å². The fourth-order valence-corrected chi connectivity index (χ4v) is 3.58. The summed E-state index contributed by atoms with van der Waals surface area (Å²) in [6, 6.07) is 8.49. The van der Waals surface area contributed by atoms with E-state index in [0.29, 0.717) is 19.6 Å². The highest BCUT2D eigenvalue weighted by atomic mass is 16.6. The van der Waals surface area contributed by atoms with Crippen LogP contribution in [-0.4, -0.2) is 66.5 Å². The van der Waals surface area contributed by atoms with Crippen molar-refractivity contribution in [1.82, 2.24) is 25.9 Å². The van der Waals surface area contributed by atoms with Crippen LogP contribution in [0.5, 0.6) is 0 Å². The number of carbonyl (C=O) groups excluding carboxylic acids is 3. The molecule has 2 heterocycles. The van der Waals surface area contributed by atoms with Crippen molar-refractivity contribution in [2.75, 3.05) is 19.7 Å². The van der Waals surface area contributed by atoms with Crippen molar-refractivity contribution in [3.05, 3.63) is 60.2 Å². The lowest BCUT2D eigenvalue weighted by Crippen LogP contribution is -2.57. The van der Waals surface area contributed by atoms with Crippen LogP contribution in [0, 0.1) is 5.92 Å². The molecule has 0 spiro atoms. The van der Waals surface area contributed by atoms with E-state index in [4.69, 9.17) is 9.31 Å². The van der Waals surface area contributed by atoms with Crippen molar-refractivity contribution in [3.63, 3.8) is 0 Å². The fraction of sp³-hybridized carbons (Fsp3) is 0.435. The zero-order valence-corrected chi connectivity index (χ0v) is 19.4. The van der Waals surface area contributed by atoms with Gasteiger partial charge in [-0.05, 0) is 17.9 Å². The summed E-state index contributed by atoms with van der Waals surface area (Å²) in [6.45, 7) is 4.91. The Labute approximate surface area is 199 Å². The van der Waals surface area contributed by atoms with Gasteiger partial charge in [0, 0.05) is 32.0 Å². The van der Waals surface area contributed by atoms with Gasteiger partial charge in [-0.2, -0.15) is 0 Å². The second-order valence-corrected chi connectivity index (χ2v) is 8.46. The Morgan fingerprint density at radius 2 is 1.97 bits per heavy atom. The minimum absolute atomic E-state index is 0.0764. The van der Waals surface area contributed by atoms with E-state index in [9.17, 15) is 14.4 Å². The Morgan fingerprint density at radius 1 is 1.18 bits per heavy atom. The summed E-state index contributed by atoms with van der Waals surface area (Å²) in [7, 11) is -0.922. The Hall–Kier alpha value is -3.31. The molecular weight excluding hydrogens is 437 g/mol. The number of rotatable bonds is 9. The Kier molecular flexibility index (Phi) is 9.54. The molecule has 11 heteroatoms. The lowest BCUT2D eigenvalue weighted by molar-refractivity contribution is -0.136. The first kappa shape index (κ1) is 25.3. The Morgan fingerprint density at radius 3 is 2.68 bits per heavy atom. The summed E-state index contributed by atoms with van der Waals surface area (Å²) in [4.78, 5) is 46.1. The molecule has 0 bridgehead atoms. The summed E-state index contributed by atoms with van der Waals surface area (Å²) in [6.07, 6.45) is 5.00. The van der Waals surface area contributed by atoms with Gasteiger partial charge in [0.25, 0.3) is 5.91 Å². The quantitative estimate of drug-likeness (QED) is 0.456. The third-order valence-corrected chi connectivity index (χ3v) is 5.16. The van der Waals surface area contributed by atoms with Crippen LogP contribution >= 0.6 is 0 Å². The van der Waals surface area contributed by atoms with Crippen molar-refractivity contribution in [2.45, 2.75) is 38.7 Å². The molecule has 0 unspecified atom stereocenters. The first-order chi connectivity index (χ1) is 16.4. The number of hydrogen-bond acceptors (Lipinski definition) is 8. The molecule has 1 aromatic carbocycles. The molecule has 1 aliphatic heterocycles. The molecular formula is C23H30BN5O5. The molecule has 180 valence electrons. The van der Waals surface area contributed by atoms with E-state index >= 15 is 0 Å². The molecule has 1 fully saturated rings. The number of hydrogen-bond donors (Lipinski definition) is 3. The minimum Gasteiger partial charge on any atom is -0.507 e. The van der Waals surface area contributed by atoms with E-state index in [1.807, 2.05) is 44.2 Å². The summed E-state index contributed by atoms with van der Waals surface area (Å²) in [5.74, 6) is -1.76. The van der Waals surface area contributed by atoms with Crippen LogP contribution in [0.25, 0.3) is 0 Å². The topological polar surface area (TPSA) is 132 Å². The van der Waals surface area contributed by atoms with E-state index in [2.05, 4.69) is 25.9 Å². The maximum Gasteiger partial charge on any atom is 0.551 e. The van der Waals surface area contributed by atoms with E-state index in [-0.39, 0.29) is 24.6 Å². The third-order valence-electron chi connectivity index (χ3n) is 5.16. The fourth-order valence-electron chi connectivity index (χ4n) is 3.58. The van der Waals surface area contributed by atoms with E-state index in [0.717, 1.165) is 5.56 Å². The van der Waals surface area contributed by atoms with E-state index in [1.165, 1.54) is 18.6 Å². The summed E-state index contributed by atoms with van der Waals surface area (Å²) in [5.41, 5.74) is 0.985. The highest BCUT2D eigenvalue weighted by molar-refractivity contribution is 6.49. The predicted octanol–water partition coefficient (Wildman–Crippen LogP) is 0.539. The van der Waals surface area contributed by atoms with Gasteiger partial charge in [0.05, 0.1) is 18.7 Å². The average Bonchev–Trinajstić information content (AvgIpc) is 2.81. The van der Waals surface area contributed by atoms with Crippen molar-refractivity contribution < 1.29 is 23.7 Å². The van der Waals surface area contributed by atoms with Gasteiger partial charge in [0.1, 0.15) is 11.7 Å². The van der Waals surface area contributed by atoms with Crippen molar-refractivity contribution in [3.8, 4) is 0 Å². The van der Waals surface area contributed by atoms with Crippen LogP contribution in [0.3, 0.4) is 0 Å². The smallest absolute Gasteiger partial charge is 0.507 e. The second kappa shape index (κ2) is 12.8. The SMILES string of the molecule is CC(C)C[C@H](NC(=O)[C@H](Cc1ccccc1)NC(=O)c1cnccn1)B1OCCNCC(=O)O1. The monoisotopic (exact) mass is 467 g/mol. The van der Waals surface area contributed by atoms with Crippen LogP contribution in [0.4, 0.5) is 0 Å². The van der Waals surface area contributed by atoms with Gasteiger partial charge < -0.3 is 25.3 Å². The molecule has 10 nitrogen and oxygen atoms in total. The van der Waals surface area contributed by atoms with Crippen molar-refractivity contribution in [1.29, 1.82) is 0 Å². The Balaban J connectivity index is 1.78. The number of aromatic nitrogens is 2. The molecule has 1 aromatic heterocycles. The van der Waals surface area contributed by atoms with Gasteiger partial charge in [-0.15, -0.1) is 0 Å². The Bertz CT molecular complexity index is 947. The lowest BCUT2D eigenvalue weighted by Gasteiger charge is -2.28. The van der Waals surface area contributed by atoms with Crippen LogP contribution in [-0.2, 0) is 25.3 Å². The molecule has 0 saturated carbocycles. The number of carbonyl (C=O) groups is 3. The van der Waals surface area contributed by atoms with E-state index < -0.39 is 36.9 Å². The lowest BCUT2D eigenvalue weighted by atomic mass is 9.73. The highest BCUT2D eigenvalue weighted by Gasteiger charge is 2.38. The van der Waals surface area contributed by atoms with Crippen molar-refractivity contribution in [2.24, 2.45) is 5.92 Å². The van der Waals surface area contributed by atoms with Crippen LogP contribution in [0.2, 0.25) is 0 Å². The zero-order valence-electron chi connectivity index (χ0n) is 19.4. The molecule has 0 radical (unpaired) electrons. The number of nitrogens with zero attached hydrogens (tertiary/aromatic N) is 2. The summed E-state index contributed by atoms with van der Waals surface area (Å²) in [5, 5.41) is 8.63. The molecule has 2 atom stereocenters. The first-order valence-corrected chi connectivity index (χ1v) is 11.4. The highest BCUT2D eigenvalue weighted by Crippen LogP contribution is 2.12. The standard InChI is InChI=1S/C23H30BN5O5/c1-16(2)12-20(24-33-11-10-26-15-21(30)34-24)29-22(31)18(13-17-6-4-3-5-7-17)28-23(32)19-14-25-8-9-27-19/h3-9,14,16,18,20,26H,10-13,15H2,1-2H3,(H,28,32)(H,29,31)/t18-,20-/m0/s1. The molecule has 2 amide bonds. The second-order valence-electron chi connectivity index (χ2n) is 8.46. The normalized spacial score (nSPS) is 16.1. The molecule has 0 aliphatic carbocycles. The first-order valence-electron chi connectivity index (χ1n) is 11.4. The van der Waals surface area contributed by atoms with Crippen LogP contribution in [0.1, 0.15) is 36.3 Å². The van der Waals surface area contributed by atoms with Crippen LogP contribution < -0.4 is 16.0 Å². The molecule has 3 N–H and O–H groups in total. The number of nitrogens with one attached hydrogen (secondary N) is 3. The van der Waals surface area contributed by atoms with Gasteiger partial charge in [0.15, 0.2) is 0 Å². The minimum atomic E-state index is -0.922. The molecule has 1 aliphatic rings. The predicted molar refractivity (Wildman–Crippen MR) is 125 cm³/mol. The van der Waals surface area contributed by atoms with Crippen molar-refractivity contribution >= 4 is 24.9 Å². The number of benzene rings is 1. The van der Waals surface area contributed by atoms with E-state index in [1.54, 1.807) is 0 Å². The largest absolute Gasteiger partial charge is 0.551 e. The summed E-state index contributed by atoms with van der Waals surface area (Å²) < 4.78 is 11.2. The molecule has 1 saturated heterocycles. The molecule has 2 aromatic rings. The summed E-state index contributed by atoms with van der Waals surface area (Å²) >= 11 is 0. The van der Waals surface area contributed by atoms with Gasteiger partial charge >= 0.3 is 13.1 Å².